The van der Waals surface area contributed by atoms with Crippen LogP contribution in [-0.2, 0) is 171 Å². The van der Waals surface area contributed by atoms with E-state index in [1.54, 1.807) is 0 Å². The molecule has 0 bridgehead atoms. The van der Waals surface area contributed by atoms with Gasteiger partial charge in [0.2, 0.25) is 0 Å². The van der Waals surface area contributed by atoms with Gasteiger partial charge < -0.3 is 85.2 Å². The van der Waals surface area contributed by atoms with Crippen LogP contribution in [0.5, 0.6) is 46.0 Å². The molecular formula is C80H104MoO9P4S8. The van der Waals surface area contributed by atoms with Crippen molar-refractivity contribution in [2.45, 2.75) is 209 Å². The molecule has 552 valence electrons. The van der Waals surface area contributed by atoms with Crippen molar-refractivity contribution in [2.24, 2.45) is 0 Å². The maximum absolute atomic E-state index is 8.26. The van der Waals surface area contributed by atoms with Gasteiger partial charge in [-0.2, -0.15) is 0 Å². The van der Waals surface area contributed by atoms with Gasteiger partial charge in [-0.3, -0.25) is 0 Å². The van der Waals surface area contributed by atoms with Crippen LogP contribution in [0.2, 0.25) is 0 Å². The van der Waals surface area contributed by atoms with Crippen molar-refractivity contribution in [3.63, 3.8) is 0 Å². The van der Waals surface area contributed by atoms with E-state index < -0.39 is 22.8 Å². The Hall–Kier alpha value is -3.35. The molecule has 0 heterocycles. The predicted octanol–water partition coefficient (Wildman–Crippen LogP) is 26.3. The van der Waals surface area contributed by atoms with Crippen LogP contribution in [-0.4, -0.2) is 0 Å². The first-order chi connectivity index (χ1) is 49.2. The van der Waals surface area contributed by atoms with Gasteiger partial charge in [0.1, 0.15) is 46.0 Å². The third-order valence-corrected chi connectivity index (χ3v) is 22.8. The fraction of sp³-hybridized carbons (Fsp3) is 0.400. The molecule has 9 nitrogen and oxygen atoms in total. The molecule has 0 amide bonds. The van der Waals surface area contributed by atoms with Crippen molar-refractivity contribution in [3.05, 3.63) is 239 Å². The second-order valence-corrected chi connectivity index (χ2v) is 43.6. The molecule has 0 spiro atoms. The van der Waals surface area contributed by atoms with Crippen LogP contribution in [0.15, 0.2) is 194 Å². The van der Waals surface area contributed by atoms with E-state index >= 15 is 0 Å². The zero-order valence-electron chi connectivity index (χ0n) is 60.6. The molecule has 0 unspecified atom stereocenters. The summed E-state index contributed by atoms with van der Waals surface area (Å²) in [6, 6.07) is 63.8. The van der Waals surface area contributed by atoms with Crippen molar-refractivity contribution < 1.29 is 59.4 Å². The van der Waals surface area contributed by atoms with Crippen LogP contribution < -0.4 is 36.2 Å². The third kappa shape index (κ3) is 36.0. The molecule has 0 atom stereocenters. The Kier molecular flexibility index (Phi) is 46.3. The number of unbranched alkanes of at least 4 members (excludes halogenated alkanes) is 8. The summed E-state index contributed by atoms with van der Waals surface area (Å²) < 4.78 is 56.4. The van der Waals surface area contributed by atoms with Crippen LogP contribution in [0.3, 0.4) is 0 Å². The van der Waals surface area contributed by atoms with E-state index in [-0.39, 0.29) is 0 Å². The van der Waals surface area contributed by atoms with Crippen LogP contribution in [0.25, 0.3) is 0 Å². The van der Waals surface area contributed by atoms with E-state index in [0.29, 0.717) is 19.8 Å². The van der Waals surface area contributed by atoms with Crippen LogP contribution in [0, 0.1) is 0 Å². The van der Waals surface area contributed by atoms with Gasteiger partial charge in [0.15, 0.2) is 22.8 Å². The summed E-state index contributed by atoms with van der Waals surface area (Å²) in [5.74, 6) is 6.11. The summed E-state index contributed by atoms with van der Waals surface area (Å²) in [5, 5.41) is 0. The van der Waals surface area contributed by atoms with Gasteiger partial charge in [0.25, 0.3) is 0 Å². The Morgan fingerprint density at radius 2 is 0.324 bits per heavy atom. The Bertz CT molecular complexity index is 3170. The summed E-state index contributed by atoms with van der Waals surface area (Å²) in [7, 11) is 0. The minimum atomic E-state index is -2.84. The molecule has 0 aliphatic carbocycles. The molecule has 0 radical (unpaired) electrons. The molecule has 8 rings (SSSR count). The van der Waals surface area contributed by atoms with E-state index in [0.717, 1.165) is 245 Å². The Balaban J connectivity index is 0.000000286. The SMILES string of the molecule is CCCCc1ccccc1OP(=S)([S-])Oc1ccccc1CCCC.CCCCc1ccccc1OP(=S)([S-])Oc1ccccc1CCCC.CCCCc1ccccc1OP(=S)([S-])Oc1ccccc1CCCC.CCCCc1ccccc1OP(=S)([S-])Oc1ccccc1CCCC.[O]=[Mo+4]. The molecule has 8 aromatic rings. The van der Waals surface area contributed by atoms with Crippen molar-refractivity contribution in [1.29, 1.82) is 0 Å². The summed E-state index contributed by atoms with van der Waals surface area (Å²) in [6.45, 7) is 17.4. The maximum atomic E-state index is 8.26. The first-order valence-corrected chi connectivity index (χ1v) is 51.3. The van der Waals surface area contributed by atoms with Crippen molar-refractivity contribution in [3.8, 4) is 46.0 Å². The van der Waals surface area contributed by atoms with Crippen molar-refractivity contribution in [2.75, 3.05) is 0 Å². The van der Waals surface area contributed by atoms with Crippen LogP contribution in [0.1, 0.15) is 203 Å². The normalized spacial score (nSPS) is 11.2. The summed E-state index contributed by atoms with van der Waals surface area (Å²) >= 11 is 45.0. The average Bonchev–Trinajstić information content (AvgIpc) is 0.854. The monoisotopic (exact) mass is 1690 g/mol. The first kappa shape index (κ1) is 91.0. The molecule has 0 aliphatic heterocycles. The quantitative estimate of drug-likeness (QED) is 0.0207. The summed E-state index contributed by atoms with van der Waals surface area (Å²) in [6.07, 6.45) is 25.7. The Labute approximate surface area is 666 Å². The molecule has 102 heavy (non-hydrogen) atoms. The fourth-order valence-electron chi connectivity index (χ4n) is 10.4. The average molecular weight is 1690 g/mol. The molecule has 0 N–H and O–H groups in total. The van der Waals surface area contributed by atoms with Crippen molar-refractivity contribution >= 4 is 119 Å². The molecule has 22 heteroatoms. The molecule has 8 aromatic carbocycles. The van der Waals surface area contributed by atoms with E-state index in [1.807, 2.05) is 146 Å². The fourth-order valence-corrected chi connectivity index (χ4v) is 17.7. The second kappa shape index (κ2) is 51.8. The predicted molar refractivity (Wildman–Crippen MR) is 453 cm³/mol. The molecule has 0 aromatic heterocycles. The van der Waals surface area contributed by atoms with Crippen LogP contribution >= 0.6 is 22.8 Å². The Morgan fingerprint density at radius 3 is 0.422 bits per heavy atom. The number of rotatable bonds is 40. The van der Waals surface area contributed by atoms with Gasteiger partial charge >= 0.3 is 23.2 Å². The third-order valence-electron chi connectivity index (χ3n) is 15.9. The van der Waals surface area contributed by atoms with Gasteiger partial charge in [0.05, 0.1) is 0 Å². The molecule has 0 saturated heterocycles. The zero-order chi connectivity index (χ0) is 74.5. The molecule has 0 aliphatic rings. The van der Waals surface area contributed by atoms with E-state index in [4.69, 9.17) is 136 Å². The van der Waals surface area contributed by atoms with Gasteiger partial charge in [0, 0.05) is 0 Å². The van der Waals surface area contributed by atoms with Gasteiger partial charge in [-0.15, -0.1) is 0 Å². The standard InChI is InChI=1S/4C20H27O2PS2.Mo.O/c4*1-3-5-11-17-13-7-9-15-19(17)21-23(24,25)22-20-16-10-8-14-18(20)12-6-4-2;;/h4*7-10,13-16H,3-6,11-12H2,1-2H3,(H,24,25);;/q;;;;+4;/p-4. The van der Waals surface area contributed by atoms with Gasteiger partial charge in [-0.05, 0) is 243 Å². The number of aryl methyl sites for hydroxylation is 8. The molecular weight excluding hydrogens is 1580 g/mol. The first-order valence-electron chi connectivity index (χ1n) is 35.8. The summed E-state index contributed by atoms with van der Waals surface area (Å²) in [4.78, 5) is 0. The number of para-hydroxylation sites is 8. The number of hydrogen-bond acceptors (Lipinski definition) is 17. The summed E-state index contributed by atoms with van der Waals surface area (Å²) in [5.41, 5.74) is -2.19. The van der Waals surface area contributed by atoms with E-state index in [9.17, 15) is 0 Å². The van der Waals surface area contributed by atoms with Gasteiger partial charge in [-0.25, -0.2) is 0 Å². The molecule has 0 fully saturated rings. The van der Waals surface area contributed by atoms with Crippen molar-refractivity contribution in [1.82, 2.24) is 0 Å². The van der Waals surface area contributed by atoms with Crippen LogP contribution in [0.4, 0.5) is 0 Å². The Morgan fingerprint density at radius 1 is 0.225 bits per heavy atom. The number of hydrogen-bond donors (Lipinski definition) is 0. The van der Waals surface area contributed by atoms with E-state index in [1.165, 1.54) is 0 Å². The minimum absolute atomic E-state index is 0.700. The van der Waals surface area contributed by atoms with Gasteiger partial charge in [-0.1, -0.05) is 252 Å². The number of benzene rings is 8. The second-order valence-electron chi connectivity index (χ2n) is 24.2. The van der Waals surface area contributed by atoms with E-state index in [2.05, 4.69) is 104 Å². The topological polar surface area (TPSA) is 90.9 Å². The zero-order valence-corrected chi connectivity index (χ0v) is 72.7. The molecule has 0 saturated carbocycles.